The molecular formula is C15H17NO2S. The van der Waals surface area contributed by atoms with Crippen LogP contribution in [-0.2, 0) is 11.2 Å². The Bertz CT molecular complexity index is 567. The van der Waals surface area contributed by atoms with Crippen molar-refractivity contribution in [1.82, 2.24) is 4.98 Å². The third kappa shape index (κ3) is 3.20. The van der Waals surface area contributed by atoms with Gasteiger partial charge in [0, 0.05) is 4.88 Å². The first kappa shape index (κ1) is 13.7. The smallest absolute Gasteiger partial charge is 0.313 e. The zero-order valence-corrected chi connectivity index (χ0v) is 12.1. The highest BCUT2D eigenvalue weighted by Gasteiger charge is 2.24. The van der Waals surface area contributed by atoms with Crippen LogP contribution in [0.1, 0.15) is 32.6 Å². The Hall–Kier alpha value is -1.68. The Labute approximate surface area is 116 Å². The van der Waals surface area contributed by atoms with E-state index in [-0.39, 0.29) is 0 Å². The van der Waals surface area contributed by atoms with E-state index in [1.165, 1.54) is 16.9 Å². The molecule has 2 rings (SSSR count). The van der Waals surface area contributed by atoms with Crippen LogP contribution in [0.5, 0.6) is 0 Å². The second kappa shape index (κ2) is 5.53. The van der Waals surface area contributed by atoms with Gasteiger partial charge < -0.3 is 5.11 Å². The molecular weight excluding hydrogens is 258 g/mol. The number of hydrogen-bond acceptors (Lipinski definition) is 3. The first-order valence-electron chi connectivity index (χ1n) is 6.19. The minimum absolute atomic E-state index is 0.488. The van der Waals surface area contributed by atoms with Gasteiger partial charge in [-0.1, -0.05) is 29.8 Å². The van der Waals surface area contributed by atoms with E-state index in [2.05, 4.69) is 4.98 Å². The Morgan fingerprint density at radius 2 is 1.89 bits per heavy atom. The summed E-state index contributed by atoms with van der Waals surface area (Å²) in [6.07, 6.45) is 0.488. The highest BCUT2D eigenvalue weighted by molar-refractivity contribution is 7.11. The largest absolute Gasteiger partial charge is 0.481 e. The predicted octanol–water partition coefficient (Wildman–Crippen LogP) is 3.48. The Morgan fingerprint density at radius 3 is 2.37 bits per heavy atom. The third-order valence-electron chi connectivity index (χ3n) is 3.20. The number of aliphatic carboxylic acids is 1. The lowest BCUT2D eigenvalue weighted by atomic mass is 9.99. The maximum absolute atomic E-state index is 11.5. The van der Waals surface area contributed by atoms with E-state index < -0.39 is 11.9 Å². The van der Waals surface area contributed by atoms with Crippen molar-refractivity contribution in [2.75, 3.05) is 0 Å². The van der Waals surface area contributed by atoms with E-state index in [0.29, 0.717) is 11.4 Å². The monoisotopic (exact) mass is 275 g/mol. The van der Waals surface area contributed by atoms with E-state index in [0.717, 1.165) is 16.1 Å². The average molecular weight is 275 g/mol. The van der Waals surface area contributed by atoms with Gasteiger partial charge in [0.2, 0.25) is 0 Å². The maximum Gasteiger partial charge on any atom is 0.313 e. The summed E-state index contributed by atoms with van der Waals surface area (Å²) < 4.78 is 0. The van der Waals surface area contributed by atoms with Crippen molar-refractivity contribution in [3.8, 4) is 0 Å². The molecule has 0 aliphatic carbocycles. The number of thiazole rings is 1. The first-order chi connectivity index (χ1) is 8.97. The highest BCUT2D eigenvalue weighted by atomic mass is 32.1. The van der Waals surface area contributed by atoms with Crippen LogP contribution < -0.4 is 0 Å². The SMILES string of the molecule is Cc1ccc(CC(C(=O)O)c2nc(C)c(C)s2)cc1. The second-order valence-electron chi connectivity index (χ2n) is 4.77. The summed E-state index contributed by atoms with van der Waals surface area (Å²) in [5.41, 5.74) is 3.13. The molecule has 2 aromatic rings. The molecule has 0 saturated carbocycles. The second-order valence-corrected chi connectivity index (χ2v) is 6.01. The van der Waals surface area contributed by atoms with Crippen molar-refractivity contribution in [2.45, 2.75) is 33.1 Å². The fraction of sp³-hybridized carbons (Fsp3) is 0.333. The molecule has 4 heteroatoms. The number of hydrogen-bond donors (Lipinski definition) is 1. The van der Waals surface area contributed by atoms with Crippen LogP contribution in [0.25, 0.3) is 0 Å². The lowest BCUT2D eigenvalue weighted by Crippen LogP contribution is -2.14. The Balaban J connectivity index is 2.26. The number of rotatable bonds is 4. The summed E-state index contributed by atoms with van der Waals surface area (Å²) in [7, 11) is 0. The topological polar surface area (TPSA) is 50.2 Å². The number of nitrogens with zero attached hydrogens (tertiary/aromatic N) is 1. The van der Waals surface area contributed by atoms with Crippen molar-refractivity contribution in [3.05, 3.63) is 51.0 Å². The van der Waals surface area contributed by atoms with E-state index >= 15 is 0 Å². The van der Waals surface area contributed by atoms with E-state index in [9.17, 15) is 9.90 Å². The molecule has 0 bridgehead atoms. The standard InChI is InChI=1S/C15H17NO2S/c1-9-4-6-12(7-5-9)8-13(15(17)18)14-16-10(2)11(3)19-14/h4-7,13H,8H2,1-3H3,(H,17,18). The molecule has 100 valence electrons. The predicted molar refractivity (Wildman–Crippen MR) is 76.8 cm³/mol. The van der Waals surface area contributed by atoms with E-state index in [1.807, 2.05) is 45.0 Å². The number of aryl methyl sites for hydroxylation is 3. The lowest BCUT2D eigenvalue weighted by Gasteiger charge is -2.09. The normalized spacial score (nSPS) is 12.4. The fourth-order valence-corrected chi connectivity index (χ4v) is 2.90. The average Bonchev–Trinajstić information content (AvgIpc) is 2.68. The van der Waals surface area contributed by atoms with Crippen LogP contribution >= 0.6 is 11.3 Å². The molecule has 1 heterocycles. The van der Waals surface area contributed by atoms with Crippen LogP contribution in [0, 0.1) is 20.8 Å². The van der Waals surface area contributed by atoms with Crippen molar-refractivity contribution < 1.29 is 9.90 Å². The molecule has 1 aromatic carbocycles. The molecule has 1 aromatic heterocycles. The number of carboxylic acid groups (broad SMARTS) is 1. The fourth-order valence-electron chi connectivity index (χ4n) is 1.89. The molecule has 0 aliphatic rings. The summed E-state index contributed by atoms with van der Waals surface area (Å²) >= 11 is 1.48. The minimum Gasteiger partial charge on any atom is -0.481 e. The van der Waals surface area contributed by atoms with Crippen molar-refractivity contribution in [2.24, 2.45) is 0 Å². The van der Waals surface area contributed by atoms with Gasteiger partial charge in [-0.2, -0.15) is 0 Å². The van der Waals surface area contributed by atoms with Gasteiger partial charge in [-0.05, 0) is 32.8 Å². The van der Waals surface area contributed by atoms with Crippen LogP contribution in [-0.4, -0.2) is 16.1 Å². The molecule has 1 N–H and O–H groups in total. The summed E-state index contributed by atoms with van der Waals surface area (Å²) in [5.74, 6) is -1.37. The summed E-state index contributed by atoms with van der Waals surface area (Å²) in [4.78, 5) is 16.9. The number of aromatic nitrogens is 1. The van der Waals surface area contributed by atoms with Gasteiger partial charge in [-0.25, -0.2) is 4.98 Å². The molecule has 0 amide bonds. The molecule has 0 spiro atoms. The quantitative estimate of drug-likeness (QED) is 0.929. The molecule has 0 radical (unpaired) electrons. The summed E-state index contributed by atoms with van der Waals surface area (Å²) in [6, 6.07) is 7.98. The van der Waals surface area contributed by atoms with Gasteiger partial charge in [0.1, 0.15) is 10.9 Å². The molecule has 0 fully saturated rings. The zero-order valence-electron chi connectivity index (χ0n) is 11.3. The van der Waals surface area contributed by atoms with Gasteiger partial charge in [0.05, 0.1) is 5.69 Å². The molecule has 3 nitrogen and oxygen atoms in total. The lowest BCUT2D eigenvalue weighted by molar-refractivity contribution is -0.138. The van der Waals surface area contributed by atoms with Gasteiger partial charge in [0.25, 0.3) is 0 Å². The maximum atomic E-state index is 11.5. The summed E-state index contributed by atoms with van der Waals surface area (Å²) in [5, 5.41) is 10.1. The zero-order chi connectivity index (χ0) is 14.0. The van der Waals surface area contributed by atoms with Gasteiger partial charge in [-0.15, -0.1) is 11.3 Å². The van der Waals surface area contributed by atoms with Crippen LogP contribution in [0.2, 0.25) is 0 Å². The van der Waals surface area contributed by atoms with Crippen LogP contribution in [0.4, 0.5) is 0 Å². The summed E-state index contributed by atoms with van der Waals surface area (Å²) in [6.45, 7) is 5.91. The molecule has 1 atom stereocenters. The van der Waals surface area contributed by atoms with Crippen LogP contribution in [0.3, 0.4) is 0 Å². The molecule has 0 saturated heterocycles. The van der Waals surface area contributed by atoms with Crippen molar-refractivity contribution in [3.63, 3.8) is 0 Å². The Kier molecular flexibility index (Phi) is 4.00. The molecule has 19 heavy (non-hydrogen) atoms. The van der Waals surface area contributed by atoms with E-state index in [1.54, 1.807) is 0 Å². The van der Waals surface area contributed by atoms with Gasteiger partial charge in [-0.3, -0.25) is 4.79 Å². The van der Waals surface area contributed by atoms with Crippen molar-refractivity contribution in [1.29, 1.82) is 0 Å². The first-order valence-corrected chi connectivity index (χ1v) is 7.01. The highest BCUT2D eigenvalue weighted by Crippen LogP contribution is 2.27. The van der Waals surface area contributed by atoms with Gasteiger partial charge in [0.15, 0.2) is 0 Å². The third-order valence-corrected chi connectivity index (χ3v) is 4.39. The molecule has 1 unspecified atom stereocenters. The number of carbonyl (C=O) groups is 1. The Morgan fingerprint density at radius 1 is 1.26 bits per heavy atom. The van der Waals surface area contributed by atoms with Crippen molar-refractivity contribution >= 4 is 17.3 Å². The molecule has 0 aliphatic heterocycles. The number of benzene rings is 1. The van der Waals surface area contributed by atoms with E-state index in [4.69, 9.17) is 0 Å². The van der Waals surface area contributed by atoms with Crippen LogP contribution in [0.15, 0.2) is 24.3 Å². The minimum atomic E-state index is -0.811. The number of carboxylic acids is 1. The van der Waals surface area contributed by atoms with Gasteiger partial charge >= 0.3 is 5.97 Å².